The van der Waals surface area contributed by atoms with Crippen LogP contribution in [0.4, 0.5) is 0 Å². The van der Waals surface area contributed by atoms with Gasteiger partial charge < -0.3 is 19.7 Å². The smallest absolute Gasteiger partial charge is 0.0701 e. The van der Waals surface area contributed by atoms with Gasteiger partial charge in [0.1, 0.15) is 0 Å². The van der Waals surface area contributed by atoms with Gasteiger partial charge in [0.15, 0.2) is 0 Å². The second-order valence-corrected chi connectivity index (χ2v) is 3.09. The van der Waals surface area contributed by atoms with Crippen LogP contribution in [0.5, 0.6) is 0 Å². The van der Waals surface area contributed by atoms with Crippen LogP contribution in [-0.2, 0) is 9.47 Å². The summed E-state index contributed by atoms with van der Waals surface area (Å²) in [5.41, 5.74) is 0. The van der Waals surface area contributed by atoms with Crippen LogP contribution in [0.2, 0.25) is 0 Å². The predicted molar refractivity (Wildman–Crippen MR) is 54.3 cm³/mol. The van der Waals surface area contributed by atoms with E-state index in [-0.39, 0.29) is 13.2 Å². The second-order valence-electron chi connectivity index (χ2n) is 3.09. The van der Waals surface area contributed by atoms with Crippen molar-refractivity contribution in [2.24, 2.45) is 0 Å². The van der Waals surface area contributed by atoms with Crippen molar-refractivity contribution >= 4 is 0 Å². The van der Waals surface area contributed by atoms with Crippen molar-refractivity contribution in [3.8, 4) is 0 Å². The fourth-order valence-electron chi connectivity index (χ4n) is 1.02. The van der Waals surface area contributed by atoms with Crippen molar-refractivity contribution in [3.63, 3.8) is 0 Å². The number of unbranched alkanes of at least 4 members (excludes halogenated alkanes) is 3. The van der Waals surface area contributed by atoms with Crippen molar-refractivity contribution in [2.45, 2.75) is 25.7 Å². The van der Waals surface area contributed by atoms with E-state index in [9.17, 15) is 0 Å². The van der Waals surface area contributed by atoms with Crippen LogP contribution in [0.3, 0.4) is 0 Å². The predicted octanol–water partition coefficient (Wildman–Crippen LogP) is 0.565. The Kier molecular flexibility index (Phi) is 12.7. The lowest BCUT2D eigenvalue weighted by molar-refractivity contribution is -0.0334. The maximum Gasteiger partial charge on any atom is 0.0701 e. The Morgan fingerprint density at radius 3 is 1.21 bits per heavy atom. The first kappa shape index (κ1) is 13.8. The van der Waals surface area contributed by atoms with Gasteiger partial charge >= 0.3 is 0 Å². The Labute approximate surface area is 85.8 Å². The molecule has 0 bridgehead atoms. The molecule has 0 spiro atoms. The highest BCUT2D eigenvalue weighted by atomic mass is 16.6. The van der Waals surface area contributed by atoms with E-state index in [0.29, 0.717) is 0 Å². The van der Waals surface area contributed by atoms with Gasteiger partial charge in [-0.25, -0.2) is 0 Å². The zero-order chi connectivity index (χ0) is 10.5. The summed E-state index contributed by atoms with van der Waals surface area (Å²) < 4.78 is 9.89. The molecule has 0 unspecified atom stereocenters. The van der Waals surface area contributed by atoms with E-state index >= 15 is 0 Å². The van der Waals surface area contributed by atoms with Crippen LogP contribution in [-0.4, -0.2) is 49.9 Å². The van der Waals surface area contributed by atoms with Gasteiger partial charge in [-0.15, -0.1) is 0 Å². The number of aliphatic hydroxyl groups is 2. The molecular formula is C10H22O4. The molecule has 0 atom stereocenters. The molecule has 2 N–H and O–H groups in total. The average Bonchev–Trinajstić information content (AvgIpc) is 2.28. The molecule has 4 nitrogen and oxygen atoms in total. The first-order valence-corrected chi connectivity index (χ1v) is 5.29. The van der Waals surface area contributed by atoms with Gasteiger partial charge in [-0.3, -0.25) is 0 Å². The quantitative estimate of drug-likeness (QED) is 0.645. The first-order chi connectivity index (χ1) is 6.91. The minimum Gasteiger partial charge on any atom is -0.396 e. The van der Waals surface area contributed by atoms with Crippen LogP contribution >= 0.6 is 0 Å². The summed E-state index contributed by atoms with van der Waals surface area (Å²) >= 11 is 0. The van der Waals surface area contributed by atoms with E-state index in [0.717, 1.165) is 52.1 Å². The van der Waals surface area contributed by atoms with Crippen LogP contribution in [0.25, 0.3) is 0 Å². The lowest BCUT2D eigenvalue weighted by atomic mass is 10.2. The highest BCUT2D eigenvalue weighted by Crippen LogP contribution is 1.96. The first-order valence-electron chi connectivity index (χ1n) is 5.29. The zero-order valence-corrected chi connectivity index (χ0v) is 8.78. The molecule has 4 heteroatoms. The number of hydrogen-bond donors (Lipinski definition) is 2. The van der Waals surface area contributed by atoms with Gasteiger partial charge in [-0.1, -0.05) is 12.8 Å². The summed E-state index contributed by atoms with van der Waals surface area (Å²) in [6.07, 6.45) is 3.83. The Bertz CT molecular complexity index is 76.6. The van der Waals surface area contributed by atoms with Gasteiger partial charge in [0.25, 0.3) is 0 Å². The van der Waals surface area contributed by atoms with Gasteiger partial charge in [0, 0.05) is 13.2 Å². The number of rotatable bonds is 5. The summed E-state index contributed by atoms with van der Waals surface area (Å²) in [5.74, 6) is 0. The Morgan fingerprint density at radius 1 is 0.643 bits per heavy atom. The Morgan fingerprint density at radius 2 is 1.00 bits per heavy atom. The Balaban J connectivity index is 0.000000249. The zero-order valence-electron chi connectivity index (χ0n) is 8.78. The van der Waals surface area contributed by atoms with Crippen LogP contribution in [0, 0.1) is 0 Å². The fraction of sp³-hybridized carbons (Fsp3) is 1.00. The maximum atomic E-state index is 8.30. The molecule has 1 aliphatic heterocycles. The minimum absolute atomic E-state index is 0.283. The highest BCUT2D eigenvalue weighted by Gasteiger charge is 1.94. The number of aliphatic hydroxyl groups excluding tert-OH is 2. The maximum absolute atomic E-state index is 8.30. The van der Waals surface area contributed by atoms with E-state index in [4.69, 9.17) is 19.7 Å². The minimum atomic E-state index is 0.283. The van der Waals surface area contributed by atoms with Crippen LogP contribution < -0.4 is 0 Å². The van der Waals surface area contributed by atoms with Crippen molar-refractivity contribution in [3.05, 3.63) is 0 Å². The standard InChI is InChI=1S/C6H14O2.C4H8O2/c7-5-3-1-2-4-6-8;1-2-6-4-3-5-1/h7-8H,1-6H2;1-4H2. The summed E-state index contributed by atoms with van der Waals surface area (Å²) in [5, 5.41) is 16.6. The monoisotopic (exact) mass is 206 g/mol. The van der Waals surface area contributed by atoms with Crippen molar-refractivity contribution in [1.29, 1.82) is 0 Å². The van der Waals surface area contributed by atoms with Gasteiger partial charge in [-0.05, 0) is 12.8 Å². The third-order valence-corrected chi connectivity index (χ3v) is 1.81. The lowest BCUT2D eigenvalue weighted by Gasteiger charge is -2.09. The van der Waals surface area contributed by atoms with Crippen molar-refractivity contribution in [1.82, 2.24) is 0 Å². The number of hydrogen-bond acceptors (Lipinski definition) is 4. The molecule has 0 saturated carbocycles. The molecule has 1 heterocycles. The molecule has 0 aromatic rings. The second kappa shape index (κ2) is 12.8. The van der Waals surface area contributed by atoms with Crippen LogP contribution in [0.15, 0.2) is 0 Å². The Hall–Kier alpha value is -0.160. The van der Waals surface area contributed by atoms with E-state index in [1.807, 2.05) is 0 Å². The molecule has 1 rings (SSSR count). The molecule has 1 aliphatic rings. The van der Waals surface area contributed by atoms with Crippen LogP contribution in [0.1, 0.15) is 25.7 Å². The highest BCUT2D eigenvalue weighted by molar-refractivity contribution is 4.39. The van der Waals surface area contributed by atoms with E-state index in [1.165, 1.54) is 0 Å². The van der Waals surface area contributed by atoms with Gasteiger partial charge in [0.05, 0.1) is 26.4 Å². The molecule has 1 fully saturated rings. The third kappa shape index (κ3) is 11.8. The summed E-state index contributed by atoms with van der Waals surface area (Å²) in [7, 11) is 0. The van der Waals surface area contributed by atoms with Gasteiger partial charge in [0.2, 0.25) is 0 Å². The molecule has 0 aromatic carbocycles. The molecule has 1 saturated heterocycles. The van der Waals surface area contributed by atoms with E-state index in [2.05, 4.69) is 0 Å². The SMILES string of the molecule is C1COCCO1.OCCCCCCO. The lowest BCUT2D eigenvalue weighted by Crippen LogP contribution is -2.16. The summed E-state index contributed by atoms with van der Waals surface area (Å²) in [6.45, 7) is 3.68. The van der Waals surface area contributed by atoms with Crippen molar-refractivity contribution in [2.75, 3.05) is 39.6 Å². The molecule has 0 aliphatic carbocycles. The topological polar surface area (TPSA) is 58.9 Å². The normalized spacial score (nSPS) is 15.9. The fourth-order valence-corrected chi connectivity index (χ4v) is 1.02. The molecule has 14 heavy (non-hydrogen) atoms. The summed E-state index contributed by atoms with van der Waals surface area (Å²) in [6, 6.07) is 0. The largest absolute Gasteiger partial charge is 0.396 e. The molecule has 0 radical (unpaired) electrons. The molecule has 0 amide bonds. The van der Waals surface area contributed by atoms with E-state index in [1.54, 1.807) is 0 Å². The van der Waals surface area contributed by atoms with E-state index < -0.39 is 0 Å². The van der Waals surface area contributed by atoms with Gasteiger partial charge in [-0.2, -0.15) is 0 Å². The molecular weight excluding hydrogens is 184 g/mol. The number of ether oxygens (including phenoxy) is 2. The molecule has 0 aromatic heterocycles. The third-order valence-electron chi connectivity index (χ3n) is 1.81. The van der Waals surface area contributed by atoms with Crippen molar-refractivity contribution < 1.29 is 19.7 Å². The summed E-state index contributed by atoms with van der Waals surface area (Å²) in [4.78, 5) is 0. The molecule has 86 valence electrons. The average molecular weight is 206 g/mol.